The first kappa shape index (κ1) is 32.4. The first-order chi connectivity index (χ1) is 28.7. The van der Waals surface area contributed by atoms with E-state index in [2.05, 4.69) is 199 Å². The molecule has 0 spiro atoms. The van der Waals surface area contributed by atoms with Crippen LogP contribution in [0.5, 0.6) is 0 Å². The predicted octanol–water partition coefficient (Wildman–Crippen LogP) is 13.8. The Hall–Kier alpha value is -7.89. The fourth-order valence-electron chi connectivity index (χ4n) is 8.69. The lowest BCUT2D eigenvalue weighted by molar-refractivity contribution is 0.669. The standard InChI is InChI=1S/C53H32N4O/c1-2-16-39(17-3-1)57-46-22-9-8-19-42(46)44-31-38(28-29-47(44)57)52-54-51(55-53(56-52)43-21-10-15-33-12-6-7-18-40(33)43)35-26-24-34(25-27-35)41-20-11-23-48-50(41)45-30-36-13-4-5-14-37(36)32-49(45)58-48/h1-32H. The van der Waals surface area contributed by atoms with Crippen LogP contribution in [0.25, 0.3) is 116 Å². The number of rotatable bonds is 5. The number of hydrogen-bond donors (Lipinski definition) is 0. The normalized spacial score (nSPS) is 11.8. The molecule has 0 atom stereocenters. The van der Waals surface area contributed by atoms with E-state index >= 15 is 0 Å². The molecule has 0 saturated heterocycles. The third kappa shape index (κ3) is 5.14. The Kier molecular flexibility index (Phi) is 7.16. The maximum Gasteiger partial charge on any atom is 0.164 e. The highest BCUT2D eigenvalue weighted by molar-refractivity contribution is 6.15. The molecule has 12 aromatic rings. The number of hydrogen-bond acceptors (Lipinski definition) is 4. The van der Waals surface area contributed by atoms with Crippen LogP contribution < -0.4 is 0 Å². The van der Waals surface area contributed by atoms with E-state index in [9.17, 15) is 0 Å². The molecule has 0 unspecified atom stereocenters. The molecule has 0 saturated carbocycles. The van der Waals surface area contributed by atoms with E-state index in [4.69, 9.17) is 19.4 Å². The average molecular weight is 741 g/mol. The molecule has 0 radical (unpaired) electrons. The van der Waals surface area contributed by atoms with Gasteiger partial charge in [0.25, 0.3) is 0 Å². The number of fused-ring (bicyclic) bond motifs is 8. The highest BCUT2D eigenvalue weighted by atomic mass is 16.3. The second kappa shape index (κ2) is 12.8. The van der Waals surface area contributed by atoms with E-state index < -0.39 is 0 Å². The van der Waals surface area contributed by atoms with Crippen molar-refractivity contribution in [2.75, 3.05) is 0 Å². The van der Waals surface area contributed by atoms with Gasteiger partial charge in [0.1, 0.15) is 11.2 Å². The topological polar surface area (TPSA) is 56.7 Å². The van der Waals surface area contributed by atoms with Gasteiger partial charge in [0, 0.05) is 43.9 Å². The number of aromatic nitrogens is 4. The van der Waals surface area contributed by atoms with Crippen LogP contribution >= 0.6 is 0 Å². The highest BCUT2D eigenvalue weighted by Gasteiger charge is 2.19. The van der Waals surface area contributed by atoms with Crippen molar-refractivity contribution in [1.29, 1.82) is 0 Å². The summed E-state index contributed by atoms with van der Waals surface area (Å²) >= 11 is 0. The van der Waals surface area contributed by atoms with Crippen LogP contribution in [0.4, 0.5) is 0 Å². The minimum Gasteiger partial charge on any atom is -0.456 e. The molecular weight excluding hydrogens is 709 g/mol. The Morgan fingerprint density at radius 1 is 0.345 bits per heavy atom. The highest BCUT2D eigenvalue weighted by Crippen LogP contribution is 2.40. The van der Waals surface area contributed by atoms with Gasteiger partial charge in [-0.15, -0.1) is 0 Å². The molecule has 12 rings (SSSR count). The van der Waals surface area contributed by atoms with Crippen LogP contribution in [0.15, 0.2) is 199 Å². The van der Waals surface area contributed by atoms with Gasteiger partial charge in [0.05, 0.1) is 11.0 Å². The molecule has 5 heteroatoms. The zero-order chi connectivity index (χ0) is 38.2. The van der Waals surface area contributed by atoms with Gasteiger partial charge < -0.3 is 8.98 Å². The molecule has 0 fully saturated rings. The third-order valence-corrected chi connectivity index (χ3v) is 11.4. The van der Waals surface area contributed by atoms with Gasteiger partial charge in [0.2, 0.25) is 0 Å². The molecule has 0 bridgehead atoms. The Labute approximate surface area is 333 Å². The summed E-state index contributed by atoms with van der Waals surface area (Å²) in [5, 5.41) is 9.13. The van der Waals surface area contributed by atoms with Gasteiger partial charge in [0.15, 0.2) is 17.5 Å². The fourth-order valence-corrected chi connectivity index (χ4v) is 8.69. The largest absolute Gasteiger partial charge is 0.456 e. The first-order valence-electron chi connectivity index (χ1n) is 19.5. The van der Waals surface area contributed by atoms with E-state index in [-0.39, 0.29) is 0 Å². The molecule has 0 aliphatic carbocycles. The van der Waals surface area contributed by atoms with Gasteiger partial charge >= 0.3 is 0 Å². The summed E-state index contributed by atoms with van der Waals surface area (Å²) in [7, 11) is 0. The van der Waals surface area contributed by atoms with E-state index in [0.717, 1.165) is 82.6 Å². The first-order valence-corrected chi connectivity index (χ1v) is 19.5. The SMILES string of the molecule is c1ccc(-n2c3ccccc3c3cc(-c4nc(-c5ccc(-c6cccc7oc8cc9ccccc9cc8c67)cc5)nc(-c5cccc6ccccc56)n4)ccc32)cc1. The van der Waals surface area contributed by atoms with Gasteiger partial charge in [-0.1, -0.05) is 140 Å². The maximum absolute atomic E-state index is 6.40. The second-order valence-electron chi connectivity index (χ2n) is 14.8. The quantitative estimate of drug-likeness (QED) is 0.176. The van der Waals surface area contributed by atoms with E-state index in [1.165, 1.54) is 16.2 Å². The van der Waals surface area contributed by atoms with Crippen LogP contribution in [0.3, 0.4) is 0 Å². The third-order valence-electron chi connectivity index (χ3n) is 11.4. The summed E-state index contributed by atoms with van der Waals surface area (Å²) in [6.45, 7) is 0. The molecule has 270 valence electrons. The summed E-state index contributed by atoms with van der Waals surface area (Å²) in [5.41, 5.74) is 10.2. The number of benzene rings is 9. The monoisotopic (exact) mass is 740 g/mol. The molecular formula is C53H32N4O. The summed E-state index contributed by atoms with van der Waals surface area (Å²) in [5.74, 6) is 1.87. The van der Waals surface area contributed by atoms with Crippen molar-refractivity contribution in [3.05, 3.63) is 194 Å². The molecule has 5 nitrogen and oxygen atoms in total. The van der Waals surface area contributed by atoms with Crippen molar-refractivity contribution in [3.63, 3.8) is 0 Å². The van der Waals surface area contributed by atoms with Gasteiger partial charge in [-0.05, 0) is 87.3 Å². The summed E-state index contributed by atoms with van der Waals surface area (Å²) < 4.78 is 8.73. The van der Waals surface area contributed by atoms with Gasteiger partial charge in [-0.2, -0.15) is 0 Å². The summed E-state index contributed by atoms with van der Waals surface area (Å²) in [6, 6.07) is 68.0. The number of para-hydroxylation sites is 2. The Morgan fingerprint density at radius 3 is 1.79 bits per heavy atom. The van der Waals surface area contributed by atoms with Crippen LogP contribution in [-0.2, 0) is 0 Å². The van der Waals surface area contributed by atoms with Crippen molar-refractivity contribution >= 4 is 65.3 Å². The van der Waals surface area contributed by atoms with Crippen molar-refractivity contribution in [3.8, 4) is 51.0 Å². The molecule has 0 N–H and O–H groups in total. The Balaban J connectivity index is 1.02. The molecule has 0 aliphatic rings. The van der Waals surface area contributed by atoms with Crippen molar-refractivity contribution in [2.45, 2.75) is 0 Å². The van der Waals surface area contributed by atoms with Gasteiger partial charge in [-0.3, -0.25) is 0 Å². The van der Waals surface area contributed by atoms with Crippen molar-refractivity contribution in [2.24, 2.45) is 0 Å². The molecule has 9 aromatic carbocycles. The second-order valence-corrected chi connectivity index (χ2v) is 14.8. The zero-order valence-electron chi connectivity index (χ0n) is 31.2. The fraction of sp³-hybridized carbons (Fsp3) is 0. The van der Waals surface area contributed by atoms with Crippen molar-refractivity contribution in [1.82, 2.24) is 19.5 Å². The van der Waals surface area contributed by atoms with Crippen LogP contribution in [-0.4, -0.2) is 19.5 Å². The lowest BCUT2D eigenvalue weighted by atomic mass is 9.97. The van der Waals surface area contributed by atoms with E-state index in [1.807, 2.05) is 0 Å². The van der Waals surface area contributed by atoms with Crippen LogP contribution in [0.1, 0.15) is 0 Å². The number of nitrogens with zero attached hydrogens (tertiary/aromatic N) is 4. The zero-order valence-corrected chi connectivity index (χ0v) is 31.2. The number of furan rings is 1. The van der Waals surface area contributed by atoms with Gasteiger partial charge in [-0.25, -0.2) is 15.0 Å². The molecule has 3 aromatic heterocycles. The van der Waals surface area contributed by atoms with E-state index in [1.54, 1.807) is 0 Å². The summed E-state index contributed by atoms with van der Waals surface area (Å²) in [4.78, 5) is 15.6. The van der Waals surface area contributed by atoms with E-state index in [0.29, 0.717) is 17.5 Å². The lowest BCUT2D eigenvalue weighted by Gasteiger charge is -2.11. The molecule has 58 heavy (non-hydrogen) atoms. The Morgan fingerprint density at radius 2 is 0.948 bits per heavy atom. The predicted molar refractivity (Wildman–Crippen MR) is 238 cm³/mol. The molecule has 0 aliphatic heterocycles. The average Bonchev–Trinajstić information content (AvgIpc) is 3.83. The maximum atomic E-state index is 6.40. The molecule has 0 amide bonds. The minimum atomic E-state index is 0.615. The van der Waals surface area contributed by atoms with Crippen LogP contribution in [0.2, 0.25) is 0 Å². The molecule has 3 heterocycles. The Bertz CT molecular complexity index is 3560. The lowest BCUT2D eigenvalue weighted by Crippen LogP contribution is -2.00. The summed E-state index contributed by atoms with van der Waals surface area (Å²) in [6.07, 6.45) is 0. The van der Waals surface area contributed by atoms with Crippen LogP contribution in [0, 0.1) is 0 Å². The van der Waals surface area contributed by atoms with Crippen molar-refractivity contribution < 1.29 is 4.42 Å². The minimum absolute atomic E-state index is 0.615. The smallest absolute Gasteiger partial charge is 0.164 e.